The second-order valence-electron chi connectivity index (χ2n) is 5.67. The van der Waals surface area contributed by atoms with Crippen molar-refractivity contribution < 1.29 is 14.5 Å². The third-order valence-electron chi connectivity index (χ3n) is 4.02. The van der Waals surface area contributed by atoms with E-state index >= 15 is 0 Å². The fourth-order valence-corrected chi connectivity index (χ4v) is 2.94. The number of aryl methyl sites for hydroxylation is 1. The number of nitrogens with one attached hydrogen (secondary N) is 1. The van der Waals surface area contributed by atoms with E-state index in [0.29, 0.717) is 5.02 Å². The van der Waals surface area contributed by atoms with Gasteiger partial charge in [-0.1, -0.05) is 35.9 Å². The number of rotatable bonds is 4. The number of imide groups is 1. The van der Waals surface area contributed by atoms with Crippen LogP contribution in [0.25, 0.3) is 5.57 Å². The highest BCUT2D eigenvalue weighted by atomic mass is 35.5. The van der Waals surface area contributed by atoms with E-state index in [1.165, 1.54) is 18.2 Å². The SMILES string of the molecule is Cc1ccc(CC2=C(c3ccccc3[N+](=O)[O-])C(=O)NC2=O)cc1Cl. The van der Waals surface area contributed by atoms with Crippen molar-refractivity contribution in [2.45, 2.75) is 13.3 Å². The summed E-state index contributed by atoms with van der Waals surface area (Å²) >= 11 is 6.11. The number of hydrogen-bond acceptors (Lipinski definition) is 4. The van der Waals surface area contributed by atoms with Crippen LogP contribution in [0.1, 0.15) is 16.7 Å². The Morgan fingerprint density at radius 1 is 1.12 bits per heavy atom. The lowest BCUT2D eigenvalue weighted by Crippen LogP contribution is -2.23. The lowest BCUT2D eigenvalue weighted by Gasteiger charge is -2.07. The second kappa shape index (κ2) is 6.49. The molecule has 2 aromatic rings. The van der Waals surface area contributed by atoms with Gasteiger partial charge in [0, 0.05) is 23.1 Å². The predicted octanol–water partition coefficient (Wildman–Crippen LogP) is 3.21. The number of carbonyl (C=O) groups excluding carboxylic acids is 2. The normalized spacial score (nSPS) is 14.0. The van der Waals surface area contributed by atoms with Crippen molar-refractivity contribution in [3.63, 3.8) is 0 Å². The molecule has 0 saturated heterocycles. The predicted molar refractivity (Wildman–Crippen MR) is 93.1 cm³/mol. The summed E-state index contributed by atoms with van der Waals surface area (Å²) in [4.78, 5) is 35.1. The summed E-state index contributed by atoms with van der Waals surface area (Å²) in [7, 11) is 0. The van der Waals surface area contributed by atoms with Crippen molar-refractivity contribution >= 4 is 34.7 Å². The van der Waals surface area contributed by atoms with E-state index in [1.54, 1.807) is 18.2 Å². The van der Waals surface area contributed by atoms with Crippen molar-refractivity contribution in [3.8, 4) is 0 Å². The van der Waals surface area contributed by atoms with Crippen LogP contribution >= 0.6 is 11.6 Å². The van der Waals surface area contributed by atoms with E-state index in [1.807, 2.05) is 13.0 Å². The van der Waals surface area contributed by atoms with Gasteiger partial charge >= 0.3 is 0 Å². The fourth-order valence-electron chi connectivity index (χ4n) is 2.74. The highest BCUT2D eigenvalue weighted by molar-refractivity contribution is 6.36. The van der Waals surface area contributed by atoms with Gasteiger partial charge in [-0.3, -0.25) is 25.0 Å². The third-order valence-corrected chi connectivity index (χ3v) is 4.42. The summed E-state index contributed by atoms with van der Waals surface area (Å²) in [6.45, 7) is 1.86. The van der Waals surface area contributed by atoms with E-state index in [9.17, 15) is 19.7 Å². The van der Waals surface area contributed by atoms with Gasteiger partial charge < -0.3 is 0 Å². The van der Waals surface area contributed by atoms with E-state index in [4.69, 9.17) is 11.6 Å². The zero-order valence-corrected chi connectivity index (χ0v) is 14.0. The molecule has 0 aromatic heterocycles. The molecule has 0 unspecified atom stereocenters. The molecule has 2 amide bonds. The minimum Gasteiger partial charge on any atom is -0.288 e. The molecule has 2 aromatic carbocycles. The number of nitrogens with zero attached hydrogens (tertiary/aromatic N) is 1. The molecule has 1 aliphatic heterocycles. The quantitative estimate of drug-likeness (QED) is 0.517. The van der Waals surface area contributed by atoms with Gasteiger partial charge in [-0.25, -0.2) is 0 Å². The topological polar surface area (TPSA) is 89.3 Å². The van der Waals surface area contributed by atoms with Gasteiger partial charge in [0.1, 0.15) is 0 Å². The van der Waals surface area contributed by atoms with Crippen molar-refractivity contribution in [1.29, 1.82) is 0 Å². The van der Waals surface area contributed by atoms with Gasteiger partial charge in [0.15, 0.2) is 0 Å². The minimum absolute atomic E-state index is 0.0361. The van der Waals surface area contributed by atoms with Crippen LogP contribution in [0.2, 0.25) is 5.02 Å². The monoisotopic (exact) mass is 356 g/mol. The zero-order valence-electron chi connectivity index (χ0n) is 13.2. The Labute approximate surface area is 148 Å². The molecule has 1 aliphatic rings. The van der Waals surface area contributed by atoms with E-state index in [2.05, 4.69) is 5.32 Å². The molecule has 0 atom stereocenters. The van der Waals surface area contributed by atoms with Crippen LogP contribution in [0.15, 0.2) is 48.0 Å². The van der Waals surface area contributed by atoms with Gasteiger partial charge in [0.2, 0.25) is 0 Å². The van der Waals surface area contributed by atoms with Crippen LogP contribution < -0.4 is 5.32 Å². The van der Waals surface area contributed by atoms with Gasteiger partial charge in [-0.2, -0.15) is 0 Å². The Balaban J connectivity index is 2.13. The van der Waals surface area contributed by atoms with E-state index < -0.39 is 16.7 Å². The lowest BCUT2D eigenvalue weighted by atomic mass is 9.95. The number of benzene rings is 2. The number of carbonyl (C=O) groups is 2. The second-order valence-corrected chi connectivity index (χ2v) is 6.08. The molecule has 3 rings (SSSR count). The summed E-state index contributed by atoms with van der Waals surface area (Å²) in [5.74, 6) is -1.18. The Hall–Kier alpha value is -2.99. The highest BCUT2D eigenvalue weighted by Gasteiger charge is 2.34. The summed E-state index contributed by atoms with van der Waals surface area (Å²) in [5, 5.41) is 14.0. The third kappa shape index (κ3) is 3.16. The van der Waals surface area contributed by atoms with E-state index in [0.717, 1.165) is 11.1 Å². The first kappa shape index (κ1) is 16.9. The largest absolute Gasteiger partial charge is 0.288 e. The maximum absolute atomic E-state index is 12.2. The Morgan fingerprint density at radius 2 is 1.84 bits per heavy atom. The highest BCUT2D eigenvalue weighted by Crippen LogP contribution is 2.32. The molecule has 0 radical (unpaired) electrons. The zero-order chi connectivity index (χ0) is 18.1. The number of halogens is 1. The van der Waals surface area contributed by atoms with Crippen molar-refractivity contribution in [3.05, 3.63) is 79.9 Å². The summed E-state index contributed by atoms with van der Waals surface area (Å²) in [6, 6.07) is 11.2. The van der Waals surface area contributed by atoms with Crippen LogP contribution in [0.3, 0.4) is 0 Å². The molecule has 0 spiro atoms. The Morgan fingerprint density at radius 3 is 2.52 bits per heavy atom. The maximum atomic E-state index is 12.2. The molecule has 7 heteroatoms. The summed E-state index contributed by atoms with van der Waals surface area (Å²) in [6.07, 6.45) is 0.152. The van der Waals surface area contributed by atoms with Gasteiger partial charge in [-0.15, -0.1) is 0 Å². The van der Waals surface area contributed by atoms with E-state index in [-0.39, 0.29) is 28.8 Å². The number of hydrogen-bond donors (Lipinski definition) is 1. The first-order chi connectivity index (χ1) is 11.9. The molecule has 0 fully saturated rings. The molecule has 1 N–H and O–H groups in total. The van der Waals surface area contributed by atoms with Crippen molar-refractivity contribution in [1.82, 2.24) is 5.32 Å². The van der Waals surface area contributed by atoms with Crippen LogP contribution in [0.4, 0.5) is 5.69 Å². The molecule has 126 valence electrons. The first-order valence-electron chi connectivity index (χ1n) is 7.46. The first-order valence-corrected chi connectivity index (χ1v) is 7.84. The van der Waals surface area contributed by atoms with Crippen molar-refractivity contribution in [2.75, 3.05) is 0 Å². The number of para-hydroxylation sites is 1. The molecular weight excluding hydrogens is 344 g/mol. The van der Waals surface area contributed by atoms with Gasteiger partial charge in [0.05, 0.1) is 16.1 Å². The summed E-state index contributed by atoms with van der Waals surface area (Å²) < 4.78 is 0. The number of nitro benzene ring substituents is 1. The molecule has 1 heterocycles. The molecule has 0 aliphatic carbocycles. The minimum atomic E-state index is -0.632. The average Bonchev–Trinajstić information content (AvgIpc) is 2.84. The molecule has 25 heavy (non-hydrogen) atoms. The molecule has 0 saturated carbocycles. The maximum Gasteiger partial charge on any atom is 0.277 e. The van der Waals surface area contributed by atoms with Crippen LogP contribution in [0, 0.1) is 17.0 Å². The fraction of sp³-hybridized carbons (Fsp3) is 0.111. The Bertz CT molecular complexity index is 950. The van der Waals surface area contributed by atoms with Gasteiger partial charge in [-0.05, 0) is 30.2 Å². The number of amides is 2. The number of nitro groups is 1. The van der Waals surface area contributed by atoms with Gasteiger partial charge in [0.25, 0.3) is 17.5 Å². The molecular formula is C18H13ClN2O4. The average molecular weight is 357 g/mol. The Kier molecular flexibility index (Phi) is 4.37. The van der Waals surface area contributed by atoms with Crippen LogP contribution in [-0.2, 0) is 16.0 Å². The lowest BCUT2D eigenvalue weighted by molar-refractivity contribution is -0.385. The smallest absolute Gasteiger partial charge is 0.277 e. The molecule has 0 bridgehead atoms. The van der Waals surface area contributed by atoms with Crippen molar-refractivity contribution in [2.24, 2.45) is 0 Å². The molecule has 6 nitrogen and oxygen atoms in total. The standard InChI is InChI=1S/C18H13ClN2O4/c1-10-6-7-11(9-14(10)19)8-13-16(18(23)20-17(13)22)12-4-2-3-5-15(12)21(24)25/h2-7,9H,8H2,1H3,(H,20,22,23). The summed E-state index contributed by atoms with van der Waals surface area (Å²) in [5.41, 5.74) is 1.77. The van der Waals surface area contributed by atoms with Crippen LogP contribution in [0.5, 0.6) is 0 Å². The van der Waals surface area contributed by atoms with Crippen LogP contribution in [-0.4, -0.2) is 16.7 Å².